The number of aromatic nitrogens is 1. The minimum atomic E-state index is 0.622. The van der Waals surface area contributed by atoms with Crippen molar-refractivity contribution in [3.8, 4) is 11.6 Å². The van der Waals surface area contributed by atoms with Crippen molar-refractivity contribution in [1.29, 1.82) is 0 Å². The van der Waals surface area contributed by atoms with Gasteiger partial charge in [0, 0.05) is 12.3 Å². The van der Waals surface area contributed by atoms with Crippen molar-refractivity contribution in [2.45, 2.75) is 19.8 Å². The first kappa shape index (κ1) is 12.6. The summed E-state index contributed by atoms with van der Waals surface area (Å²) < 4.78 is 5.79. The summed E-state index contributed by atoms with van der Waals surface area (Å²) in [5, 5.41) is 0. The van der Waals surface area contributed by atoms with Crippen molar-refractivity contribution < 1.29 is 4.74 Å². The van der Waals surface area contributed by atoms with Gasteiger partial charge in [0.2, 0.25) is 5.88 Å². The first-order valence-electron chi connectivity index (χ1n) is 6.24. The number of pyridine rings is 1. The summed E-state index contributed by atoms with van der Waals surface area (Å²) >= 11 is 0. The highest BCUT2D eigenvalue weighted by molar-refractivity contribution is 5.36. The van der Waals surface area contributed by atoms with Crippen LogP contribution < -0.4 is 10.5 Å². The van der Waals surface area contributed by atoms with Crippen LogP contribution in [0.5, 0.6) is 11.6 Å². The zero-order chi connectivity index (χ0) is 12.8. The third-order valence-electron chi connectivity index (χ3n) is 2.80. The Labute approximate surface area is 108 Å². The lowest BCUT2D eigenvalue weighted by molar-refractivity contribution is 0.457. The number of nitrogens with zero attached hydrogens (tertiary/aromatic N) is 1. The van der Waals surface area contributed by atoms with Crippen LogP contribution in [0.15, 0.2) is 42.6 Å². The van der Waals surface area contributed by atoms with Crippen LogP contribution >= 0.6 is 0 Å². The highest BCUT2D eigenvalue weighted by Crippen LogP contribution is 2.24. The summed E-state index contributed by atoms with van der Waals surface area (Å²) in [6.07, 6.45) is 3.61. The Morgan fingerprint density at radius 1 is 1.17 bits per heavy atom. The fraction of sp³-hybridized carbons (Fsp3) is 0.267. The number of hydrogen-bond donors (Lipinski definition) is 1. The van der Waals surface area contributed by atoms with Crippen LogP contribution in [0.1, 0.15) is 18.1 Å². The molecule has 0 radical (unpaired) electrons. The van der Waals surface area contributed by atoms with Crippen LogP contribution in [0.25, 0.3) is 0 Å². The van der Waals surface area contributed by atoms with Gasteiger partial charge in [-0.2, -0.15) is 0 Å². The Morgan fingerprint density at radius 2 is 2.00 bits per heavy atom. The van der Waals surface area contributed by atoms with E-state index in [1.807, 2.05) is 36.5 Å². The van der Waals surface area contributed by atoms with Crippen LogP contribution in [0.4, 0.5) is 0 Å². The summed E-state index contributed by atoms with van der Waals surface area (Å²) in [7, 11) is 0. The Kier molecular flexibility index (Phi) is 4.31. The van der Waals surface area contributed by atoms with Crippen LogP contribution in [-0.2, 0) is 12.8 Å². The van der Waals surface area contributed by atoms with Crippen LogP contribution in [0, 0.1) is 0 Å². The van der Waals surface area contributed by atoms with E-state index in [2.05, 4.69) is 18.0 Å². The molecule has 2 rings (SSSR count). The van der Waals surface area contributed by atoms with E-state index in [-0.39, 0.29) is 0 Å². The van der Waals surface area contributed by atoms with Crippen molar-refractivity contribution in [2.24, 2.45) is 5.73 Å². The Balaban J connectivity index is 2.13. The average molecular weight is 242 g/mol. The highest BCUT2D eigenvalue weighted by atomic mass is 16.5. The van der Waals surface area contributed by atoms with Gasteiger partial charge in [0.15, 0.2) is 0 Å². The molecule has 18 heavy (non-hydrogen) atoms. The molecule has 0 bridgehead atoms. The molecular weight excluding hydrogens is 224 g/mol. The van der Waals surface area contributed by atoms with E-state index in [0.717, 1.165) is 24.2 Å². The van der Waals surface area contributed by atoms with Crippen molar-refractivity contribution >= 4 is 0 Å². The van der Waals surface area contributed by atoms with Crippen molar-refractivity contribution in [1.82, 2.24) is 4.98 Å². The molecule has 0 unspecified atom stereocenters. The largest absolute Gasteiger partial charge is 0.439 e. The van der Waals surface area contributed by atoms with Gasteiger partial charge in [-0.3, -0.25) is 0 Å². The molecule has 2 aromatic rings. The van der Waals surface area contributed by atoms with Crippen molar-refractivity contribution in [2.75, 3.05) is 6.54 Å². The Morgan fingerprint density at radius 3 is 2.67 bits per heavy atom. The second-order valence-corrected chi connectivity index (χ2v) is 4.11. The minimum Gasteiger partial charge on any atom is -0.439 e. The van der Waals surface area contributed by atoms with Gasteiger partial charge in [-0.25, -0.2) is 4.98 Å². The van der Waals surface area contributed by atoms with Crippen molar-refractivity contribution in [3.63, 3.8) is 0 Å². The van der Waals surface area contributed by atoms with Gasteiger partial charge in [-0.05, 0) is 36.6 Å². The topological polar surface area (TPSA) is 48.1 Å². The molecule has 0 aliphatic rings. The number of rotatable bonds is 5. The van der Waals surface area contributed by atoms with E-state index in [1.54, 1.807) is 0 Å². The third kappa shape index (κ3) is 3.08. The normalized spacial score (nSPS) is 10.3. The fourth-order valence-corrected chi connectivity index (χ4v) is 1.79. The monoisotopic (exact) mass is 242 g/mol. The molecule has 3 heteroatoms. The van der Waals surface area contributed by atoms with Gasteiger partial charge < -0.3 is 10.5 Å². The van der Waals surface area contributed by atoms with E-state index >= 15 is 0 Å². The molecule has 1 aromatic heterocycles. The zero-order valence-electron chi connectivity index (χ0n) is 10.6. The van der Waals surface area contributed by atoms with Gasteiger partial charge in [0.1, 0.15) is 5.75 Å². The van der Waals surface area contributed by atoms with E-state index in [4.69, 9.17) is 10.5 Å². The molecule has 2 N–H and O–H groups in total. The lowest BCUT2D eigenvalue weighted by Gasteiger charge is -2.09. The molecule has 0 spiro atoms. The third-order valence-corrected chi connectivity index (χ3v) is 2.80. The maximum atomic E-state index is 5.79. The molecule has 0 saturated heterocycles. The lowest BCUT2D eigenvalue weighted by atomic mass is 10.1. The van der Waals surface area contributed by atoms with E-state index < -0.39 is 0 Å². The number of ether oxygens (including phenoxy) is 1. The van der Waals surface area contributed by atoms with Crippen molar-refractivity contribution in [3.05, 3.63) is 53.7 Å². The Bertz CT molecular complexity index is 494. The summed E-state index contributed by atoms with van der Waals surface area (Å²) in [5.41, 5.74) is 7.82. The van der Waals surface area contributed by atoms with Crippen LogP contribution in [0.3, 0.4) is 0 Å². The number of nitrogens with two attached hydrogens (primary N) is 1. The van der Waals surface area contributed by atoms with E-state index in [9.17, 15) is 0 Å². The predicted molar refractivity (Wildman–Crippen MR) is 72.9 cm³/mol. The molecule has 0 aliphatic carbocycles. The van der Waals surface area contributed by atoms with Gasteiger partial charge in [-0.15, -0.1) is 0 Å². The SMILES string of the molecule is CCc1ccccc1Oc1ccc(CCN)cn1. The molecule has 0 atom stereocenters. The smallest absolute Gasteiger partial charge is 0.219 e. The molecule has 3 nitrogen and oxygen atoms in total. The first-order valence-corrected chi connectivity index (χ1v) is 6.24. The predicted octanol–water partition coefficient (Wildman–Crippen LogP) is 2.94. The van der Waals surface area contributed by atoms with Crippen LogP contribution in [-0.4, -0.2) is 11.5 Å². The highest BCUT2D eigenvalue weighted by Gasteiger charge is 2.03. The molecule has 94 valence electrons. The van der Waals surface area contributed by atoms with Gasteiger partial charge >= 0.3 is 0 Å². The molecular formula is C15H18N2O. The lowest BCUT2D eigenvalue weighted by Crippen LogP contribution is -2.03. The zero-order valence-corrected chi connectivity index (χ0v) is 10.6. The van der Waals surface area contributed by atoms with E-state index in [1.165, 1.54) is 5.56 Å². The van der Waals surface area contributed by atoms with Crippen LogP contribution in [0.2, 0.25) is 0 Å². The maximum absolute atomic E-state index is 5.79. The number of para-hydroxylation sites is 1. The summed E-state index contributed by atoms with van der Waals surface area (Å²) in [6.45, 7) is 2.75. The second kappa shape index (κ2) is 6.17. The second-order valence-electron chi connectivity index (χ2n) is 4.11. The summed E-state index contributed by atoms with van der Waals surface area (Å²) in [5.74, 6) is 1.50. The van der Waals surface area contributed by atoms with E-state index in [0.29, 0.717) is 12.4 Å². The standard InChI is InChI=1S/C15H18N2O/c1-2-13-5-3-4-6-14(13)18-15-8-7-12(9-10-16)11-17-15/h3-8,11H,2,9-10,16H2,1H3. The molecule has 0 aliphatic heterocycles. The van der Waals surface area contributed by atoms with Gasteiger partial charge in [-0.1, -0.05) is 31.2 Å². The number of aryl methyl sites for hydroxylation is 1. The maximum Gasteiger partial charge on any atom is 0.219 e. The molecule has 0 amide bonds. The molecule has 1 heterocycles. The molecule has 1 aromatic carbocycles. The average Bonchev–Trinajstić information content (AvgIpc) is 2.42. The van der Waals surface area contributed by atoms with Gasteiger partial charge in [0.05, 0.1) is 0 Å². The quantitative estimate of drug-likeness (QED) is 0.877. The number of benzene rings is 1. The number of hydrogen-bond acceptors (Lipinski definition) is 3. The molecule has 0 saturated carbocycles. The summed E-state index contributed by atoms with van der Waals surface area (Å²) in [6, 6.07) is 11.9. The fourth-order valence-electron chi connectivity index (χ4n) is 1.79. The van der Waals surface area contributed by atoms with Gasteiger partial charge in [0.25, 0.3) is 0 Å². The molecule has 0 fully saturated rings. The summed E-state index contributed by atoms with van der Waals surface area (Å²) in [4.78, 5) is 4.29. The Hall–Kier alpha value is -1.87. The minimum absolute atomic E-state index is 0.622. The first-order chi connectivity index (χ1) is 8.83.